The summed E-state index contributed by atoms with van der Waals surface area (Å²) in [6.45, 7) is 0. The molecule has 1 aromatic rings. The number of rotatable bonds is 0. The summed E-state index contributed by atoms with van der Waals surface area (Å²) < 4.78 is 36.8. The van der Waals surface area contributed by atoms with Crippen molar-refractivity contribution in [3.05, 3.63) is 29.8 Å². The molecule has 60 valence electrons. The zero-order valence-electron chi connectivity index (χ0n) is 5.52. The molecule has 0 nitrogen and oxygen atoms in total. The van der Waals surface area contributed by atoms with Gasteiger partial charge in [-0.25, -0.2) is 0 Å². The molecule has 0 aromatic heterocycles. The quantitative estimate of drug-likeness (QED) is 0.615. The third kappa shape index (κ3) is 2.40. The van der Waals surface area contributed by atoms with Gasteiger partial charge in [0.05, 0.1) is 0 Å². The summed E-state index contributed by atoms with van der Waals surface area (Å²) in [7, 11) is 0. The second-order valence-corrected chi connectivity index (χ2v) is 4.02. The minimum atomic E-state index is -4.20. The topological polar surface area (TPSA) is 0 Å². The molecule has 0 saturated carbocycles. The maximum absolute atomic E-state index is 11.9. The van der Waals surface area contributed by atoms with Crippen LogP contribution >= 0.6 is 0 Å². The van der Waals surface area contributed by atoms with E-state index >= 15 is 0 Å². The van der Waals surface area contributed by atoms with Gasteiger partial charge in [0.25, 0.3) is 0 Å². The van der Waals surface area contributed by atoms with Gasteiger partial charge in [-0.15, -0.1) is 0 Å². The van der Waals surface area contributed by atoms with Crippen molar-refractivity contribution in [2.45, 2.75) is 6.18 Å². The molecule has 4 heteroatoms. The first-order chi connectivity index (χ1) is 5.00. The van der Waals surface area contributed by atoms with E-state index < -0.39 is 11.7 Å². The van der Waals surface area contributed by atoms with Gasteiger partial charge >= 0.3 is 75.7 Å². The van der Waals surface area contributed by atoms with Crippen LogP contribution in [0.5, 0.6) is 0 Å². The predicted molar refractivity (Wildman–Crippen MR) is 39.6 cm³/mol. The number of alkyl halides is 3. The fraction of sp³-hybridized carbons (Fsp3) is 0.143. The van der Waals surface area contributed by atoms with Gasteiger partial charge in [0, 0.05) is 0 Å². The average molecular weight is 269 g/mol. The van der Waals surface area contributed by atoms with Crippen molar-refractivity contribution in [2.75, 3.05) is 0 Å². The van der Waals surface area contributed by atoms with Crippen molar-refractivity contribution in [2.24, 2.45) is 0 Å². The summed E-state index contributed by atoms with van der Waals surface area (Å²) in [6, 6.07) is 5.23. The molecule has 0 aliphatic heterocycles. The van der Waals surface area contributed by atoms with Crippen LogP contribution in [0.4, 0.5) is 13.2 Å². The van der Waals surface area contributed by atoms with Crippen molar-refractivity contribution >= 4 is 26.5 Å². The third-order valence-electron chi connectivity index (χ3n) is 1.24. The fourth-order valence-electron chi connectivity index (χ4n) is 0.672. The second kappa shape index (κ2) is 3.06. The Bertz CT molecular complexity index is 237. The van der Waals surface area contributed by atoms with E-state index in [1.54, 1.807) is 0 Å². The molecule has 1 aromatic carbocycles. The standard InChI is InChI=1S/C7H4F3.Sb.2H/c8-7(9,10)6-4-2-1-3-5-6;;;/h2-5H;;;. The minimum absolute atomic E-state index is 0.574. The summed E-state index contributed by atoms with van der Waals surface area (Å²) in [5.41, 5.74) is -0.574. The SMILES string of the molecule is FC(F)(F)c1cc[c]([SbH2])cc1. The molecule has 0 unspecified atom stereocenters. The van der Waals surface area contributed by atoms with Crippen molar-refractivity contribution in [3.8, 4) is 0 Å². The average Bonchev–Trinajstić information content (AvgIpc) is 1.86. The Balaban J connectivity index is 2.99. The Hall–Kier alpha value is -0.172. The van der Waals surface area contributed by atoms with E-state index in [2.05, 4.69) is 0 Å². The molecule has 0 aliphatic rings. The Morgan fingerprint density at radius 2 is 1.45 bits per heavy atom. The molecular weight excluding hydrogens is 263 g/mol. The van der Waals surface area contributed by atoms with Gasteiger partial charge in [-0.2, -0.15) is 0 Å². The molecule has 0 amide bonds. The summed E-state index contributed by atoms with van der Waals surface area (Å²) in [5.74, 6) is 0. The van der Waals surface area contributed by atoms with Crippen molar-refractivity contribution in [1.82, 2.24) is 0 Å². The number of hydrogen-bond acceptors (Lipinski definition) is 0. The van der Waals surface area contributed by atoms with Crippen molar-refractivity contribution in [1.29, 1.82) is 0 Å². The molecule has 11 heavy (non-hydrogen) atoms. The van der Waals surface area contributed by atoms with Crippen LogP contribution < -0.4 is 3.51 Å². The molecule has 0 aliphatic carbocycles. The van der Waals surface area contributed by atoms with E-state index in [0.717, 1.165) is 38.7 Å². The molecule has 1 rings (SSSR count). The zero-order chi connectivity index (χ0) is 8.48. The molecule has 0 atom stereocenters. The van der Waals surface area contributed by atoms with Crippen LogP contribution in [0.3, 0.4) is 0 Å². The fourth-order valence-corrected chi connectivity index (χ4v) is 1.22. The van der Waals surface area contributed by atoms with Gasteiger partial charge in [0.1, 0.15) is 0 Å². The zero-order valence-corrected chi connectivity index (χ0v) is 8.82. The molecule has 0 fully saturated rings. The maximum atomic E-state index is 11.9. The van der Waals surface area contributed by atoms with E-state index in [9.17, 15) is 13.2 Å². The van der Waals surface area contributed by atoms with Crippen LogP contribution in [0.2, 0.25) is 0 Å². The van der Waals surface area contributed by atoms with Gasteiger partial charge in [-0.05, 0) is 0 Å². The Kier molecular flexibility index (Phi) is 2.48. The normalized spacial score (nSPS) is 11.6. The van der Waals surface area contributed by atoms with Crippen LogP contribution in [0.25, 0.3) is 0 Å². The summed E-state index contributed by atoms with van der Waals surface area (Å²) in [5, 5.41) is 0. The van der Waals surface area contributed by atoms with Crippen LogP contribution in [0.15, 0.2) is 24.3 Å². The molecule has 0 saturated heterocycles. The second-order valence-electron chi connectivity index (χ2n) is 2.12. The number of hydrogen-bond donors (Lipinski definition) is 0. The Morgan fingerprint density at radius 3 is 1.82 bits per heavy atom. The van der Waals surface area contributed by atoms with E-state index in [4.69, 9.17) is 0 Å². The van der Waals surface area contributed by atoms with Gasteiger partial charge in [-0.3, -0.25) is 0 Å². The van der Waals surface area contributed by atoms with Crippen molar-refractivity contribution < 1.29 is 13.2 Å². The molecular formula is C7H6F3Sb. The first-order valence-corrected chi connectivity index (χ1v) is 4.57. The van der Waals surface area contributed by atoms with E-state index in [-0.39, 0.29) is 0 Å². The summed E-state index contributed by atoms with van der Waals surface area (Å²) in [6.07, 6.45) is -4.20. The van der Waals surface area contributed by atoms with Crippen molar-refractivity contribution in [3.63, 3.8) is 0 Å². The predicted octanol–water partition coefficient (Wildman–Crippen LogP) is 0.964. The van der Waals surface area contributed by atoms with Crippen LogP contribution in [0.1, 0.15) is 5.56 Å². The summed E-state index contributed by atoms with van der Waals surface area (Å²) >= 11 is 0.853. The molecule has 0 N–H and O–H groups in total. The third-order valence-corrected chi connectivity index (χ3v) is 2.34. The van der Waals surface area contributed by atoms with Gasteiger partial charge in [0.2, 0.25) is 0 Å². The van der Waals surface area contributed by atoms with Gasteiger partial charge < -0.3 is 0 Å². The number of benzene rings is 1. The van der Waals surface area contributed by atoms with E-state index in [1.165, 1.54) is 12.1 Å². The molecule has 0 spiro atoms. The molecule has 0 radical (unpaired) electrons. The van der Waals surface area contributed by atoms with Crippen LogP contribution in [0, 0.1) is 0 Å². The molecule has 0 bridgehead atoms. The molecule has 0 heterocycles. The van der Waals surface area contributed by atoms with Crippen LogP contribution in [-0.4, -0.2) is 23.0 Å². The first kappa shape index (κ1) is 8.92. The monoisotopic (exact) mass is 268 g/mol. The van der Waals surface area contributed by atoms with E-state index in [0.29, 0.717) is 0 Å². The number of halogens is 3. The Labute approximate surface area is 75.9 Å². The van der Waals surface area contributed by atoms with Crippen LogP contribution in [-0.2, 0) is 6.18 Å². The Morgan fingerprint density at radius 1 is 1.00 bits per heavy atom. The van der Waals surface area contributed by atoms with Gasteiger partial charge in [-0.1, -0.05) is 0 Å². The first-order valence-electron chi connectivity index (χ1n) is 2.93. The van der Waals surface area contributed by atoms with E-state index in [1.807, 2.05) is 0 Å². The summed E-state index contributed by atoms with van der Waals surface area (Å²) in [4.78, 5) is 0. The van der Waals surface area contributed by atoms with Gasteiger partial charge in [0.15, 0.2) is 0 Å².